The smallest absolute Gasteiger partial charge is 0.376 e. The van der Waals surface area contributed by atoms with Crippen molar-refractivity contribution >= 4 is 24.5 Å². The molecule has 1 atom stereocenters. The van der Waals surface area contributed by atoms with E-state index in [2.05, 4.69) is 10.1 Å². The molecule has 2 N–H and O–H groups in total. The van der Waals surface area contributed by atoms with E-state index in [1.54, 1.807) is 36.9 Å². The molecule has 6 nitrogen and oxygen atoms in total. The van der Waals surface area contributed by atoms with E-state index in [0.717, 1.165) is 24.5 Å². The van der Waals surface area contributed by atoms with E-state index in [0.29, 0.717) is 5.65 Å². The molecule has 0 saturated carbocycles. The molecule has 0 radical (unpaired) electrons. The molecule has 0 aromatic carbocycles. The molecule has 1 aliphatic heterocycles. The Labute approximate surface area is 115 Å². The lowest BCUT2D eigenvalue weighted by atomic mass is 9.84. The molecule has 0 bridgehead atoms. The second kappa shape index (κ2) is 5.03. The quantitative estimate of drug-likeness (QED) is 0.785. The topological polar surface area (TPSA) is 73.9 Å². The van der Waals surface area contributed by atoms with Gasteiger partial charge in [0.15, 0.2) is 5.65 Å². The maximum atomic E-state index is 9.93. The van der Waals surface area contributed by atoms with Gasteiger partial charge in [0.2, 0.25) is 5.88 Å². The molecule has 1 fully saturated rings. The molecule has 0 amide bonds. The van der Waals surface area contributed by atoms with E-state index in [1.807, 2.05) is 4.81 Å². The van der Waals surface area contributed by atoms with Gasteiger partial charge in [0.05, 0.1) is 17.1 Å². The van der Waals surface area contributed by atoms with E-state index < -0.39 is 7.05 Å². The van der Waals surface area contributed by atoms with Crippen LogP contribution in [-0.2, 0) is 0 Å². The van der Waals surface area contributed by atoms with Crippen molar-refractivity contribution in [3.63, 3.8) is 0 Å². The number of thioether (sulfide) groups is 1. The molecular weight excluding hydrogens is 263 g/mol. The average Bonchev–Trinajstić information content (AvgIpc) is 2.87. The largest absolute Gasteiger partial charge is 0.493 e. The number of fused-ring (bicyclic) bond motifs is 1. The molecule has 0 spiro atoms. The van der Waals surface area contributed by atoms with Crippen molar-refractivity contribution < 1.29 is 10.1 Å². The Balaban J connectivity index is 1.90. The van der Waals surface area contributed by atoms with Crippen molar-refractivity contribution in [1.29, 1.82) is 0 Å². The van der Waals surface area contributed by atoms with Gasteiger partial charge < -0.3 is 14.9 Å². The fraction of sp³-hybridized carbons (Fsp3) is 0.455. The van der Waals surface area contributed by atoms with Gasteiger partial charge in [-0.1, -0.05) is 0 Å². The van der Waals surface area contributed by atoms with Crippen LogP contribution < -0.4 is 0 Å². The summed E-state index contributed by atoms with van der Waals surface area (Å²) in [6, 6.07) is 3.42. The van der Waals surface area contributed by atoms with Crippen molar-refractivity contribution in [1.82, 2.24) is 19.4 Å². The third-order valence-electron chi connectivity index (χ3n) is 3.32. The summed E-state index contributed by atoms with van der Waals surface area (Å²) in [5, 5.41) is 23.8. The monoisotopic (exact) mass is 278 g/mol. The third-order valence-corrected chi connectivity index (χ3v) is 4.53. The van der Waals surface area contributed by atoms with E-state index in [1.165, 1.54) is 4.52 Å². The van der Waals surface area contributed by atoms with Gasteiger partial charge >= 0.3 is 7.05 Å². The van der Waals surface area contributed by atoms with Gasteiger partial charge in [-0.25, -0.2) is 4.98 Å². The Kier molecular flexibility index (Phi) is 3.38. The number of hydrogen-bond acceptors (Lipinski definition) is 6. The highest BCUT2D eigenvalue weighted by Crippen LogP contribution is 2.33. The molecule has 3 heterocycles. The van der Waals surface area contributed by atoms with Crippen LogP contribution in [0.4, 0.5) is 0 Å². The van der Waals surface area contributed by atoms with E-state index >= 15 is 0 Å². The Morgan fingerprint density at radius 2 is 2.37 bits per heavy atom. The zero-order valence-electron chi connectivity index (χ0n) is 10.6. The molecule has 2 aromatic heterocycles. The van der Waals surface area contributed by atoms with Crippen LogP contribution in [0.1, 0.15) is 10.9 Å². The normalized spacial score (nSPS) is 20.8. The summed E-state index contributed by atoms with van der Waals surface area (Å²) in [5.41, 5.74) is 1.48. The van der Waals surface area contributed by atoms with Gasteiger partial charge in [0, 0.05) is 24.4 Å². The first-order valence-electron chi connectivity index (χ1n) is 6.22. The summed E-state index contributed by atoms with van der Waals surface area (Å²) >= 11 is 1.80. The van der Waals surface area contributed by atoms with Crippen LogP contribution in [0.3, 0.4) is 0 Å². The minimum atomic E-state index is -0.448. The fourth-order valence-electron chi connectivity index (χ4n) is 2.27. The lowest BCUT2D eigenvalue weighted by molar-refractivity contribution is 0.372. The second-order valence-corrected chi connectivity index (χ2v) is 5.94. The Morgan fingerprint density at radius 3 is 3.16 bits per heavy atom. The van der Waals surface area contributed by atoms with Crippen molar-refractivity contribution in [2.75, 3.05) is 18.8 Å². The third kappa shape index (κ3) is 2.43. The molecule has 100 valence electrons. The van der Waals surface area contributed by atoms with Gasteiger partial charge in [-0.2, -0.15) is 9.61 Å². The highest BCUT2D eigenvalue weighted by atomic mass is 32.2. The van der Waals surface area contributed by atoms with Gasteiger partial charge in [0.25, 0.3) is 0 Å². The van der Waals surface area contributed by atoms with Crippen molar-refractivity contribution in [3.05, 3.63) is 24.0 Å². The Hall–Kier alpha value is -1.25. The van der Waals surface area contributed by atoms with Gasteiger partial charge in [-0.05, 0) is 13.4 Å². The number of nitrogens with zero attached hydrogens (tertiary/aromatic N) is 4. The summed E-state index contributed by atoms with van der Waals surface area (Å²) in [6.45, 7) is 3.39. The van der Waals surface area contributed by atoms with Crippen LogP contribution in [0.2, 0.25) is 6.82 Å². The van der Waals surface area contributed by atoms with Gasteiger partial charge in [0.1, 0.15) is 0 Å². The molecule has 8 heteroatoms. The lowest BCUT2D eigenvalue weighted by Crippen LogP contribution is -2.43. The Morgan fingerprint density at radius 1 is 1.53 bits per heavy atom. The highest BCUT2D eigenvalue weighted by molar-refractivity contribution is 7.99. The highest BCUT2D eigenvalue weighted by Gasteiger charge is 2.27. The Bertz CT molecular complexity index is 591. The standard InChI is InChI=1S/C11H15BN4O2S/c1-12(18)15-4-5-19-9(7-15)8-6-11(17)16-10(14-8)2-3-13-16/h2-3,6,9,17-18H,4-5,7H2,1H3. The first kappa shape index (κ1) is 12.8. The summed E-state index contributed by atoms with van der Waals surface area (Å²) < 4.78 is 1.41. The maximum absolute atomic E-state index is 9.93. The molecular formula is C11H15BN4O2S. The van der Waals surface area contributed by atoms with Crippen molar-refractivity contribution in [3.8, 4) is 5.88 Å². The average molecular weight is 278 g/mol. The molecule has 1 saturated heterocycles. The molecule has 0 aliphatic carbocycles. The van der Waals surface area contributed by atoms with Gasteiger partial charge in [-0.3, -0.25) is 0 Å². The molecule has 2 aromatic rings. The van der Waals surface area contributed by atoms with Crippen LogP contribution >= 0.6 is 11.8 Å². The molecule has 1 unspecified atom stereocenters. The van der Waals surface area contributed by atoms with Crippen LogP contribution in [0.25, 0.3) is 5.65 Å². The number of aromatic nitrogens is 3. The summed E-state index contributed by atoms with van der Waals surface area (Å²) in [7, 11) is -0.448. The lowest BCUT2D eigenvalue weighted by Gasteiger charge is -2.32. The van der Waals surface area contributed by atoms with Crippen LogP contribution in [-0.4, -0.2) is 55.4 Å². The predicted molar refractivity (Wildman–Crippen MR) is 75.3 cm³/mol. The van der Waals surface area contributed by atoms with E-state index in [-0.39, 0.29) is 11.1 Å². The minimum Gasteiger partial charge on any atom is -0.493 e. The molecule has 3 rings (SSSR count). The van der Waals surface area contributed by atoms with E-state index in [4.69, 9.17) is 0 Å². The van der Waals surface area contributed by atoms with Crippen molar-refractivity contribution in [2.24, 2.45) is 0 Å². The summed E-state index contributed by atoms with van der Waals surface area (Å²) in [6.07, 6.45) is 1.61. The second-order valence-electron chi connectivity index (χ2n) is 4.63. The fourth-order valence-corrected chi connectivity index (χ4v) is 3.48. The van der Waals surface area contributed by atoms with Gasteiger partial charge in [-0.15, -0.1) is 11.8 Å². The first-order chi connectivity index (χ1) is 9.15. The first-order valence-corrected chi connectivity index (χ1v) is 7.27. The zero-order chi connectivity index (χ0) is 13.4. The summed E-state index contributed by atoms with van der Waals surface area (Å²) in [5.74, 6) is 1.04. The minimum absolute atomic E-state index is 0.0970. The van der Waals surface area contributed by atoms with Crippen LogP contribution in [0, 0.1) is 0 Å². The maximum Gasteiger partial charge on any atom is 0.376 e. The number of aromatic hydroxyl groups is 1. The number of rotatable bonds is 2. The van der Waals surface area contributed by atoms with Crippen LogP contribution in [0.5, 0.6) is 5.88 Å². The molecule has 19 heavy (non-hydrogen) atoms. The zero-order valence-corrected chi connectivity index (χ0v) is 11.4. The van der Waals surface area contributed by atoms with Crippen molar-refractivity contribution in [2.45, 2.75) is 12.1 Å². The SMILES string of the molecule is CB(O)N1CCSC(c2cc(O)n3nccc3n2)C1. The van der Waals surface area contributed by atoms with Crippen LogP contribution in [0.15, 0.2) is 18.3 Å². The van der Waals surface area contributed by atoms with E-state index in [9.17, 15) is 10.1 Å². The number of hydrogen-bond donors (Lipinski definition) is 2. The summed E-state index contributed by atoms with van der Waals surface area (Å²) in [4.78, 5) is 6.54. The molecule has 1 aliphatic rings. The predicted octanol–water partition coefficient (Wildman–Crippen LogP) is 0.635.